The van der Waals surface area contributed by atoms with Crippen molar-refractivity contribution in [3.63, 3.8) is 0 Å². The predicted octanol–water partition coefficient (Wildman–Crippen LogP) is 1.95. The molecule has 0 heterocycles. The highest BCUT2D eigenvalue weighted by molar-refractivity contribution is 7.99. The van der Waals surface area contributed by atoms with E-state index in [1.54, 1.807) is 13.8 Å². The van der Waals surface area contributed by atoms with Gasteiger partial charge in [-0.15, -0.1) is 11.8 Å². The number of hydrogen-bond donors (Lipinski definition) is 0. The summed E-state index contributed by atoms with van der Waals surface area (Å²) in [6.07, 6.45) is -0.0886. The molecule has 0 aromatic carbocycles. The van der Waals surface area contributed by atoms with E-state index in [1.807, 2.05) is 0 Å². The molecule has 0 aliphatic rings. The predicted molar refractivity (Wildman–Crippen MR) is 80.6 cm³/mol. The Hall–Kier alpha value is -0.560. The van der Waals surface area contributed by atoms with Crippen LogP contribution in [0.15, 0.2) is 0 Å². The molecule has 0 saturated carbocycles. The fourth-order valence-corrected chi connectivity index (χ4v) is 3.78. The third kappa shape index (κ3) is 8.46. The molecule has 0 rings (SSSR count). The fraction of sp³-hybridized carbons (Fsp3) is 0.833. The third-order valence-corrected chi connectivity index (χ3v) is 5.54. The number of esters is 2. The van der Waals surface area contributed by atoms with Crippen molar-refractivity contribution in [1.29, 1.82) is 0 Å². The standard InChI is InChI=1S/C12H23O7PS/c1-5-18-11(13)9-21-8-10(12(14)19-6-2)7-20(15,16-3)17-4/h10H,5-9H2,1-4H3. The second-order valence-electron chi connectivity index (χ2n) is 3.93. The van der Waals surface area contributed by atoms with Crippen LogP contribution in [0, 0.1) is 5.92 Å². The number of carbonyl (C=O) groups excluding carboxylic acids is 2. The molecule has 0 aliphatic carbocycles. The van der Waals surface area contributed by atoms with E-state index in [2.05, 4.69) is 0 Å². The van der Waals surface area contributed by atoms with Crippen LogP contribution < -0.4 is 0 Å². The summed E-state index contributed by atoms with van der Waals surface area (Å²) in [4.78, 5) is 23.1. The van der Waals surface area contributed by atoms with E-state index in [9.17, 15) is 14.2 Å². The Morgan fingerprint density at radius 2 is 1.67 bits per heavy atom. The molecule has 9 heteroatoms. The lowest BCUT2D eigenvalue weighted by molar-refractivity contribution is -0.146. The number of hydrogen-bond acceptors (Lipinski definition) is 8. The minimum absolute atomic E-state index is 0.0886. The van der Waals surface area contributed by atoms with Gasteiger partial charge in [0.15, 0.2) is 0 Å². The molecule has 0 aliphatic heterocycles. The van der Waals surface area contributed by atoms with Gasteiger partial charge in [-0.1, -0.05) is 0 Å². The molecule has 0 amide bonds. The highest BCUT2D eigenvalue weighted by Gasteiger charge is 2.32. The van der Waals surface area contributed by atoms with E-state index in [0.717, 1.165) is 0 Å². The van der Waals surface area contributed by atoms with Gasteiger partial charge < -0.3 is 18.5 Å². The van der Waals surface area contributed by atoms with Crippen LogP contribution in [0.4, 0.5) is 0 Å². The Morgan fingerprint density at radius 1 is 1.10 bits per heavy atom. The highest BCUT2D eigenvalue weighted by atomic mass is 32.2. The van der Waals surface area contributed by atoms with Crippen LogP contribution in [0.25, 0.3) is 0 Å². The van der Waals surface area contributed by atoms with Crippen LogP contribution in [0.5, 0.6) is 0 Å². The van der Waals surface area contributed by atoms with Crippen molar-refractivity contribution in [2.24, 2.45) is 5.92 Å². The van der Waals surface area contributed by atoms with Gasteiger partial charge in [0.1, 0.15) is 0 Å². The average molecular weight is 342 g/mol. The fourth-order valence-electron chi connectivity index (χ4n) is 1.44. The summed E-state index contributed by atoms with van der Waals surface area (Å²) in [5.74, 6) is -1.12. The molecule has 0 fully saturated rings. The molecule has 0 saturated heterocycles. The molecule has 0 bridgehead atoms. The highest BCUT2D eigenvalue weighted by Crippen LogP contribution is 2.48. The second-order valence-corrected chi connectivity index (χ2v) is 7.28. The lowest BCUT2D eigenvalue weighted by atomic mass is 10.2. The molecule has 0 aromatic rings. The first-order valence-electron chi connectivity index (χ1n) is 6.52. The SMILES string of the molecule is CCOC(=O)CSCC(CP(=O)(OC)OC)C(=O)OCC. The van der Waals surface area contributed by atoms with Crippen molar-refractivity contribution in [3.05, 3.63) is 0 Å². The van der Waals surface area contributed by atoms with Gasteiger partial charge >= 0.3 is 19.5 Å². The van der Waals surface area contributed by atoms with E-state index in [1.165, 1.54) is 26.0 Å². The summed E-state index contributed by atoms with van der Waals surface area (Å²) in [5, 5.41) is 0. The van der Waals surface area contributed by atoms with E-state index in [0.29, 0.717) is 6.61 Å². The van der Waals surface area contributed by atoms with Crippen LogP contribution in [0.3, 0.4) is 0 Å². The van der Waals surface area contributed by atoms with Crippen LogP contribution in [-0.4, -0.2) is 57.0 Å². The van der Waals surface area contributed by atoms with Gasteiger partial charge in [0.2, 0.25) is 0 Å². The Kier molecular flexibility index (Phi) is 10.8. The van der Waals surface area contributed by atoms with Gasteiger partial charge in [0, 0.05) is 20.0 Å². The molecule has 0 N–H and O–H groups in total. The van der Waals surface area contributed by atoms with Gasteiger partial charge in [0.05, 0.1) is 31.0 Å². The maximum atomic E-state index is 12.1. The van der Waals surface area contributed by atoms with E-state index in [-0.39, 0.29) is 30.2 Å². The second kappa shape index (κ2) is 11.1. The first-order chi connectivity index (χ1) is 9.92. The van der Waals surface area contributed by atoms with Gasteiger partial charge in [-0.2, -0.15) is 0 Å². The molecule has 0 spiro atoms. The molecule has 1 atom stereocenters. The summed E-state index contributed by atoms with van der Waals surface area (Å²) in [5.41, 5.74) is 0. The van der Waals surface area contributed by atoms with Crippen LogP contribution >= 0.6 is 19.4 Å². The number of carbonyl (C=O) groups is 2. The quantitative estimate of drug-likeness (QED) is 0.416. The van der Waals surface area contributed by atoms with Crippen molar-refractivity contribution < 1.29 is 32.7 Å². The zero-order chi connectivity index (χ0) is 16.3. The number of rotatable bonds is 11. The van der Waals surface area contributed by atoms with Crippen LogP contribution in [0.1, 0.15) is 13.8 Å². The Bertz CT molecular complexity index is 367. The summed E-state index contributed by atoms with van der Waals surface area (Å²) < 4.78 is 31.5. The minimum atomic E-state index is -3.32. The zero-order valence-corrected chi connectivity index (χ0v) is 14.5. The molecule has 1 unspecified atom stereocenters. The lowest BCUT2D eigenvalue weighted by Gasteiger charge is -2.19. The Morgan fingerprint density at radius 3 is 2.14 bits per heavy atom. The van der Waals surface area contributed by atoms with Gasteiger partial charge in [-0.25, -0.2) is 0 Å². The van der Waals surface area contributed by atoms with Crippen LogP contribution in [-0.2, 0) is 32.7 Å². The Balaban J connectivity index is 4.57. The average Bonchev–Trinajstić information content (AvgIpc) is 2.46. The van der Waals surface area contributed by atoms with E-state index < -0.39 is 19.5 Å². The number of ether oxygens (including phenoxy) is 2. The summed E-state index contributed by atoms with van der Waals surface area (Å²) in [6, 6.07) is 0. The molecule has 21 heavy (non-hydrogen) atoms. The topological polar surface area (TPSA) is 88.1 Å². The van der Waals surface area contributed by atoms with Crippen LogP contribution in [0.2, 0.25) is 0 Å². The largest absolute Gasteiger partial charge is 0.466 e. The zero-order valence-electron chi connectivity index (χ0n) is 12.8. The molecule has 0 radical (unpaired) electrons. The number of thioether (sulfide) groups is 1. The smallest absolute Gasteiger partial charge is 0.331 e. The Labute approximate surface area is 129 Å². The lowest BCUT2D eigenvalue weighted by Crippen LogP contribution is -2.25. The van der Waals surface area contributed by atoms with Gasteiger partial charge in [-0.3, -0.25) is 14.2 Å². The molecular formula is C12H23O7PS. The first kappa shape index (κ1) is 20.4. The van der Waals surface area contributed by atoms with Gasteiger partial charge in [-0.05, 0) is 13.8 Å². The summed E-state index contributed by atoms with van der Waals surface area (Å²) in [6.45, 7) is 3.94. The van der Waals surface area contributed by atoms with Gasteiger partial charge in [0.25, 0.3) is 0 Å². The maximum absolute atomic E-state index is 12.1. The normalized spacial score (nSPS) is 12.8. The monoisotopic (exact) mass is 342 g/mol. The summed E-state index contributed by atoms with van der Waals surface area (Å²) in [7, 11) is -0.797. The molecule has 7 nitrogen and oxygen atoms in total. The maximum Gasteiger partial charge on any atom is 0.331 e. The summed E-state index contributed by atoms with van der Waals surface area (Å²) >= 11 is 1.22. The molecule has 124 valence electrons. The van der Waals surface area contributed by atoms with Crippen molar-refractivity contribution in [2.45, 2.75) is 13.8 Å². The van der Waals surface area contributed by atoms with E-state index >= 15 is 0 Å². The molecule has 0 aromatic heterocycles. The van der Waals surface area contributed by atoms with E-state index in [4.69, 9.17) is 18.5 Å². The van der Waals surface area contributed by atoms with Crippen molar-refractivity contribution >= 4 is 31.3 Å². The van der Waals surface area contributed by atoms with Crippen molar-refractivity contribution in [1.82, 2.24) is 0 Å². The minimum Gasteiger partial charge on any atom is -0.466 e. The van der Waals surface area contributed by atoms with Crippen molar-refractivity contribution in [3.8, 4) is 0 Å². The third-order valence-electron chi connectivity index (χ3n) is 2.46. The molecular weight excluding hydrogens is 319 g/mol. The van der Waals surface area contributed by atoms with Crippen molar-refractivity contribution in [2.75, 3.05) is 45.1 Å². The first-order valence-corrected chi connectivity index (χ1v) is 9.41.